The second-order valence-electron chi connectivity index (χ2n) is 8.11. The molecule has 4 rings (SSSR count). The van der Waals surface area contributed by atoms with Crippen molar-refractivity contribution in [2.24, 2.45) is 5.10 Å². The molecule has 1 atom stereocenters. The van der Waals surface area contributed by atoms with Crippen LogP contribution in [0.4, 0.5) is 32.0 Å². The van der Waals surface area contributed by atoms with Crippen molar-refractivity contribution < 1.29 is 31.4 Å². The zero-order valence-corrected chi connectivity index (χ0v) is 20.2. The van der Waals surface area contributed by atoms with Gasteiger partial charge in [0, 0.05) is 16.3 Å². The van der Waals surface area contributed by atoms with Crippen molar-refractivity contribution in [3.05, 3.63) is 83.4 Å². The summed E-state index contributed by atoms with van der Waals surface area (Å²) in [7, 11) is 0. The molecule has 0 spiro atoms. The smallest absolute Gasteiger partial charge is 0.369 e. The van der Waals surface area contributed by atoms with Crippen LogP contribution >= 0.6 is 23.4 Å². The first kappa shape index (κ1) is 26.4. The number of benzene rings is 3. The molecule has 0 aromatic heterocycles. The summed E-state index contributed by atoms with van der Waals surface area (Å²) >= 11 is 7.83. The fourth-order valence-corrected chi connectivity index (χ4v) is 4.70. The number of alkyl halides is 6. The summed E-state index contributed by atoms with van der Waals surface area (Å²) in [5, 5.41) is 14.9. The fourth-order valence-electron chi connectivity index (χ4n) is 4.03. The van der Waals surface area contributed by atoms with Gasteiger partial charge >= 0.3 is 12.4 Å². The van der Waals surface area contributed by atoms with Crippen molar-refractivity contribution in [3.8, 4) is 11.1 Å². The topological polar surface area (TPSA) is 35.8 Å². The van der Waals surface area contributed by atoms with Gasteiger partial charge in [-0.05, 0) is 53.3 Å². The minimum atomic E-state index is -6.03. The Kier molecular flexibility index (Phi) is 7.07. The fraction of sp³-hybridized carbons (Fsp3) is 0.240. The predicted molar refractivity (Wildman–Crippen MR) is 129 cm³/mol. The molecule has 1 heterocycles. The summed E-state index contributed by atoms with van der Waals surface area (Å²) < 4.78 is 81.5. The van der Waals surface area contributed by atoms with Gasteiger partial charge in [-0.25, -0.2) is 0 Å². The third kappa shape index (κ3) is 4.69. The van der Waals surface area contributed by atoms with Crippen molar-refractivity contribution in [1.29, 1.82) is 0 Å². The number of hydrazone groups is 1. The average molecular weight is 545 g/mol. The molecular formula is C25H19ClF6N2OS. The van der Waals surface area contributed by atoms with Crippen LogP contribution in [0.3, 0.4) is 0 Å². The van der Waals surface area contributed by atoms with Gasteiger partial charge < -0.3 is 5.11 Å². The summed E-state index contributed by atoms with van der Waals surface area (Å²) in [6.07, 6.45) is -10.9. The largest absolute Gasteiger partial charge is 0.431 e. The van der Waals surface area contributed by atoms with Crippen LogP contribution in [0.25, 0.3) is 11.1 Å². The quantitative estimate of drug-likeness (QED) is 0.262. The Hall–Kier alpha value is -2.69. The van der Waals surface area contributed by atoms with E-state index in [1.807, 2.05) is 30.5 Å². The van der Waals surface area contributed by atoms with Crippen LogP contribution in [-0.2, 0) is 0 Å². The van der Waals surface area contributed by atoms with Gasteiger partial charge in [-0.2, -0.15) is 31.4 Å². The van der Waals surface area contributed by atoms with E-state index in [0.717, 1.165) is 21.0 Å². The number of hydrogen-bond donors (Lipinski definition) is 1. The zero-order valence-electron chi connectivity index (χ0n) is 18.6. The van der Waals surface area contributed by atoms with E-state index in [0.29, 0.717) is 0 Å². The minimum absolute atomic E-state index is 0.150. The molecule has 3 aromatic carbocycles. The van der Waals surface area contributed by atoms with Crippen LogP contribution < -0.4 is 5.01 Å². The molecule has 0 amide bonds. The standard InChI is InChI=1S/C25H19ClF6N2OS/c1-36-18-12-8-16(9-13-18)15-6-10-17(11-7-15)34-21(19-4-2-3-5-20(19)26)14-22(33-34)23(35,24(27,28)29)25(30,31)32/h2-13,21,35H,14H2,1H3. The second kappa shape index (κ2) is 9.64. The maximum atomic E-state index is 13.6. The first-order valence-corrected chi connectivity index (χ1v) is 12.2. The number of hydrogen-bond acceptors (Lipinski definition) is 4. The summed E-state index contributed by atoms with van der Waals surface area (Å²) in [6.45, 7) is 0. The van der Waals surface area contributed by atoms with E-state index in [1.54, 1.807) is 48.2 Å². The van der Waals surface area contributed by atoms with Gasteiger partial charge in [-0.3, -0.25) is 5.01 Å². The molecule has 0 bridgehead atoms. The Morgan fingerprint density at radius 3 is 1.89 bits per heavy atom. The molecule has 0 radical (unpaired) electrons. The average Bonchev–Trinajstić information content (AvgIpc) is 3.28. The zero-order chi connectivity index (χ0) is 26.3. The molecule has 0 saturated heterocycles. The van der Waals surface area contributed by atoms with Crippen LogP contribution in [0, 0.1) is 0 Å². The molecule has 190 valence electrons. The van der Waals surface area contributed by atoms with E-state index in [-0.39, 0.29) is 16.3 Å². The lowest BCUT2D eigenvalue weighted by Gasteiger charge is -2.32. The number of anilines is 1. The SMILES string of the molecule is CSc1ccc(-c2ccc(N3N=C(C(O)(C(F)(F)F)C(F)(F)F)CC3c3ccccc3Cl)cc2)cc1. The van der Waals surface area contributed by atoms with Crippen molar-refractivity contribution in [3.63, 3.8) is 0 Å². The van der Waals surface area contributed by atoms with Gasteiger partial charge in [0.2, 0.25) is 0 Å². The van der Waals surface area contributed by atoms with E-state index >= 15 is 0 Å². The summed E-state index contributed by atoms with van der Waals surface area (Å²) in [5.74, 6) is 0. The van der Waals surface area contributed by atoms with Gasteiger partial charge in [-0.1, -0.05) is 54.1 Å². The number of nitrogens with zero attached hydrogens (tertiary/aromatic N) is 2. The Labute approximate surface area is 212 Å². The molecule has 1 unspecified atom stereocenters. The molecule has 0 saturated carbocycles. The van der Waals surface area contributed by atoms with Crippen LogP contribution in [0.15, 0.2) is 82.8 Å². The molecule has 0 aliphatic carbocycles. The van der Waals surface area contributed by atoms with E-state index in [9.17, 15) is 31.4 Å². The Bertz CT molecular complexity index is 1250. The first-order chi connectivity index (χ1) is 16.9. The highest BCUT2D eigenvalue weighted by atomic mass is 35.5. The van der Waals surface area contributed by atoms with Crippen molar-refractivity contribution >= 4 is 34.8 Å². The molecule has 11 heteroatoms. The molecule has 1 aliphatic heterocycles. The highest BCUT2D eigenvalue weighted by Crippen LogP contribution is 2.49. The summed E-state index contributed by atoms with van der Waals surface area (Å²) in [4.78, 5) is 1.07. The van der Waals surface area contributed by atoms with Crippen molar-refractivity contribution in [1.82, 2.24) is 0 Å². The molecule has 3 aromatic rings. The number of thioether (sulfide) groups is 1. The van der Waals surface area contributed by atoms with Gasteiger partial charge in [0.15, 0.2) is 0 Å². The Morgan fingerprint density at radius 2 is 1.39 bits per heavy atom. The maximum absolute atomic E-state index is 13.6. The second-order valence-corrected chi connectivity index (χ2v) is 9.40. The first-order valence-electron chi connectivity index (χ1n) is 10.6. The lowest BCUT2D eigenvalue weighted by molar-refractivity contribution is -0.338. The highest BCUT2D eigenvalue weighted by Gasteiger charge is 2.74. The lowest BCUT2D eigenvalue weighted by atomic mass is 9.90. The van der Waals surface area contributed by atoms with Crippen molar-refractivity contribution in [2.45, 2.75) is 35.3 Å². The van der Waals surface area contributed by atoms with Gasteiger partial charge in [0.05, 0.1) is 17.4 Å². The molecular weight excluding hydrogens is 526 g/mol. The summed E-state index contributed by atoms with van der Waals surface area (Å²) in [6, 6.07) is 19.2. The molecule has 1 aliphatic rings. The van der Waals surface area contributed by atoms with Gasteiger partial charge in [-0.15, -0.1) is 11.8 Å². The monoisotopic (exact) mass is 544 g/mol. The summed E-state index contributed by atoms with van der Waals surface area (Å²) in [5.41, 5.74) is -4.35. The van der Waals surface area contributed by atoms with Crippen LogP contribution in [-0.4, -0.2) is 35.0 Å². The number of aliphatic hydroxyl groups is 1. The minimum Gasteiger partial charge on any atom is -0.369 e. The molecule has 0 fully saturated rings. The predicted octanol–water partition coefficient (Wildman–Crippen LogP) is 7.89. The normalized spacial score (nSPS) is 16.9. The van der Waals surface area contributed by atoms with Crippen LogP contribution in [0.5, 0.6) is 0 Å². The van der Waals surface area contributed by atoms with Gasteiger partial charge in [0.1, 0.15) is 0 Å². The van der Waals surface area contributed by atoms with E-state index in [1.165, 1.54) is 12.1 Å². The van der Waals surface area contributed by atoms with Crippen LogP contribution in [0.1, 0.15) is 18.0 Å². The Morgan fingerprint density at radius 1 is 0.861 bits per heavy atom. The van der Waals surface area contributed by atoms with Crippen LogP contribution in [0.2, 0.25) is 5.02 Å². The maximum Gasteiger partial charge on any atom is 0.431 e. The van der Waals surface area contributed by atoms with E-state index in [2.05, 4.69) is 5.10 Å². The van der Waals surface area contributed by atoms with Crippen molar-refractivity contribution in [2.75, 3.05) is 11.3 Å². The lowest BCUT2D eigenvalue weighted by Crippen LogP contribution is -2.62. The number of rotatable bonds is 5. The van der Waals surface area contributed by atoms with E-state index < -0.39 is 36.1 Å². The molecule has 36 heavy (non-hydrogen) atoms. The third-order valence-corrected chi connectivity index (χ3v) is 7.06. The highest BCUT2D eigenvalue weighted by molar-refractivity contribution is 7.98. The number of halogens is 7. The molecule has 1 N–H and O–H groups in total. The Balaban J connectivity index is 1.78. The van der Waals surface area contributed by atoms with E-state index in [4.69, 9.17) is 11.6 Å². The third-order valence-electron chi connectivity index (χ3n) is 5.97. The van der Waals surface area contributed by atoms with Gasteiger partial charge in [0.25, 0.3) is 5.60 Å². The molecule has 3 nitrogen and oxygen atoms in total.